The predicted octanol–water partition coefficient (Wildman–Crippen LogP) is 4.16. The fourth-order valence-corrected chi connectivity index (χ4v) is 3.42. The Morgan fingerprint density at radius 2 is 1.78 bits per heavy atom. The molecule has 2 aromatic carbocycles. The molecule has 0 saturated carbocycles. The number of phenolic OH excluding ortho intramolecular Hbond substituents is 1. The molecule has 23 heavy (non-hydrogen) atoms. The third-order valence-corrected chi connectivity index (χ3v) is 5.16. The van der Waals surface area contributed by atoms with Crippen molar-refractivity contribution >= 4 is 37.8 Å². The Kier molecular flexibility index (Phi) is 10.5. The number of para-hydroxylation sites is 1. The van der Waals surface area contributed by atoms with Crippen LogP contribution in [0.1, 0.15) is 18.1 Å². The van der Waals surface area contributed by atoms with Crippen molar-refractivity contribution in [3.63, 3.8) is 0 Å². The van der Waals surface area contributed by atoms with E-state index in [1.807, 2.05) is 18.2 Å². The van der Waals surface area contributed by atoms with Crippen molar-refractivity contribution in [2.45, 2.75) is 20.4 Å². The second-order valence-corrected chi connectivity index (χ2v) is 9.02. The molecule has 0 aliphatic rings. The summed E-state index contributed by atoms with van der Waals surface area (Å²) in [7, 11) is 12.4. The Hall–Kier alpha value is -0.0757. The Morgan fingerprint density at radius 1 is 1.13 bits per heavy atom. The number of benzene rings is 2. The van der Waals surface area contributed by atoms with Crippen LogP contribution < -0.4 is 10.6 Å². The van der Waals surface area contributed by atoms with Crippen molar-refractivity contribution in [2.24, 2.45) is 0 Å². The number of aryl methyl sites for hydroxylation is 1. The monoisotopic (exact) mass is 405 g/mol. The molecule has 0 aromatic heterocycles. The average molecular weight is 406 g/mol. The van der Waals surface area contributed by atoms with Crippen molar-refractivity contribution in [3.05, 3.63) is 53.6 Å². The molecular formula is C17H22Cl2NOPTi. The van der Waals surface area contributed by atoms with Crippen molar-refractivity contribution in [1.82, 2.24) is 4.90 Å². The van der Waals surface area contributed by atoms with Crippen LogP contribution in [0.2, 0.25) is 0 Å². The summed E-state index contributed by atoms with van der Waals surface area (Å²) in [4.78, 5) is 2.30. The van der Waals surface area contributed by atoms with E-state index in [4.69, 9.17) is 18.6 Å². The van der Waals surface area contributed by atoms with Gasteiger partial charge in [-0.2, -0.15) is 0 Å². The van der Waals surface area contributed by atoms with E-state index in [0.717, 1.165) is 18.4 Å². The van der Waals surface area contributed by atoms with Gasteiger partial charge < -0.3 is 10.0 Å². The van der Waals surface area contributed by atoms with Gasteiger partial charge in [-0.25, -0.2) is 0 Å². The Morgan fingerprint density at radius 3 is 2.39 bits per heavy atom. The number of aromatic hydroxyl groups is 1. The second-order valence-electron chi connectivity index (χ2n) is 5.15. The molecule has 0 spiro atoms. The number of phenols is 1. The molecule has 1 N–H and O–H groups in total. The zero-order valence-electron chi connectivity index (χ0n) is 13.6. The van der Waals surface area contributed by atoms with E-state index < -0.39 is 17.0 Å². The van der Waals surface area contributed by atoms with E-state index in [0.29, 0.717) is 14.3 Å². The fraction of sp³-hybridized carbons (Fsp3) is 0.294. The maximum atomic E-state index is 9.98. The second kappa shape index (κ2) is 11.5. The number of hydrogen-bond donors (Lipinski definition) is 1. The predicted molar refractivity (Wildman–Crippen MR) is 101 cm³/mol. The summed E-state index contributed by atoms with van der Waals surface area (Å²) in [5.74, 6) is 0.392. The molecule has 0 aliphatic carbocycles. The van der Waals surface area contributed by atoms with Crippen LogP contribution in [-0.2, 0) is 23.6 Å². The first-order valence-electron chi connectivity index (χ1n) is 7.31. The average Bonchev–Trinajstić information content (AvgIpc) is 2.53. The van der Waals surface area contributed by atoms with Crippen molar-refractivity contribution in [1.29, 1.82) is 0 Å². The number of rotatable bonds is 5. The van der Waals surface area contributed by atoms with E-state index in [2.05, 4.69) is 44.0 Å². The fourth-order valence-electron chi connectivity index (χ4n) is 2.16. The molecule has 0 heterocycles. The van der Waals surface area contributed by atoms with Gasteiger partial charge in [0, 0.05) is 11.8 Å². The van der Waals surface area contributed by atoms with Gasteiger partial charge in [0.05, 0.1) is 0 Å². The Labute approximate surface area is 157 Å². The topological polar surface area (TPSA) is 23.5 Å². The summed E-state index contributed by atoms with van der Waals surface area (Å²) < 4.78 is 0. The first kappa shape index (κ1) is 21.0. The maximum absolute atomic E-state index is 9.98. The normalized spacial score (nSPS) is 10.7. The molecule has 1 atom stereocenters. The SMILES string of the molecule is CCN(C)Cc1cccc(C)c1Pc1ccccc1O.[Cl][Ti][Cl]. The summed E-state index contributed by atoms with van der Waals surface area (Å²) in [6.07, 6.45) is 0. The van der Waals surface area contributed by atoms with Crippen LogP contribution in [0.25, 0.3) is 0 Å². The molecule has 124 valence electrons. The molecule has 2 aromatic rings. The van der Waals surface area contributed by atoms with Crippen LogP contribution in [0, 0.1) is 6.92 Å². The zero-order chi connectivity index (χ0) is 17.2. The van der Waals surface area contributed by atoms with Gasteiger partial charge in [-0.15, -0.1) is 0 Å². The third kappa shape index (κ3) is 7.14. The van der Waals surface area contributed by atoms with Gasteiger partial charge >= 0.3 is 35.6 Å². The summed E-state index contributed by atoms with van der Waals surface area (Å²) in [5.41, 5.74) is 2.66. The molecule has 1 unspecified atom stereocenters. The minimum absolute atomic E-state index is 0.392. The van der Waals surface area contributed by atoms with E-state index in [-0.39, 0.29) is 0 Å². The van der Waals surface area contributed by atoms with E-state index in [1.165, 1.54) is 16.4 Å². The first-order chi connectivity index (χ1) is 11.0. The summed E-state index contributed by atoms with van der Waals surface area (Å²) in [5, 5.41) is 12.3. The van der Waals surface area contributed by atoms with Crippen LogP contribution in [0.4, 0.5) is 0 Å². The molecule has 0 bridgehead atoms. The van der Waals surface area contributed by atoms with Crippen LogP contribution in [0.15, 0.2) is 42.5 Å². The number of nitrogens with zero attached hydrogens (tertiary/aromatic N) is 1. The summed E-state index contributed by atoms with van der Waals surface area (Å²) in [6.45, 7) is 6.31. The van der Waals surface area contributed by atoms with Crippen molar-refractivity contribution in [2.75, 3.05) is 13.6 Å². The Bertz CT molecular complexity index is 613. The molecule has 0 saturated heterocycles. The molecule has 0 radical (unpaired) electrons. The van der Waals surface area contributed by atoms with Crippen molar-refractivity contribution < 1.29 is 22.1 Å². The van der Waals surface area contributed by atoms with Crippen LogP contribution in [0.3, 0.4) is 0 Å². The standard InChI is InChI=1S/C17H22NOP.2ClH.Ti/c1-4-18(3)12-14-9-7-8-13(2)17(14)20-16-11-6-5-10-15(16)19;;;/h5-11,19-20H,4,12H2,1-3H3;2*1H;/q;;;+2/p-2. The molecule has 2 nitrogen and oxygen atoms in total. The van der Waals surface area contributed by atoms with Gasteiger partial charge in [-0.3, -0.25) is 0 Å². The van der Waals surface area contributed by atoms with Gasteiger partial charge in [0.15, 0.2) is 0 Å². The molecule has 0 aliphatic heterocycles. The van der Waals surface area contributed by atoms with Crippen molar-refractivity contribution in [3.8, 4) is 5.75 Å². The van der Waals surface area contributed by atoms with Gasteiger partial charge in [0.1, 0.15) is 5.75 Å². The zero-order valence-corrected chi connectivity index (χ0v) is 17.7. The van der Waals surface area contributed by atoms with Crippen LogP contribution in [-0.4, -0.2) is 23.6 Å². The Balaban J connectivity index is 0.000000816. The van der Waals surface area contributed by atoms with E-state index in [9.17, 15) is 5.11 Å². The summed E-state index contributed by atoms with van der Waals surface area (Å²) in [6, 6.07) is 14.1. The quantitative estimate of drug-likeness (QED) is 0.596. The van der Waals surface area contributed by atoms with E-state index in [1.54, 1.807) is 6.07 Å². The first-order valence-corrected chi connectivity index (χ1v) is 12.6. The molecule has 6 heteroatoms. The molecule has 2 rings (SSSR count). The van der Waals surface area contributed by atoms with Gasteiger partial charge in [0.25, 0.3) is 0 Å². The molecule has 0 fully saturated rings. The number of halogens is 2. The van der Waals surface area contributed by atoms with Gasteiger partial charge in [0.2, 0.25) is 0 Å². The van der Waals surface area contributed by atoms with Crippen LogP contribution in [0.5, 0.6) is 5.75 Å². The van der Waals surface area contributed by atoms with Crippen LogP contribution >= 0.6 is 27.2 Å². The minimum atomic E-state index is -0.556. The van der Waals surface area contributed by atoms with Gasteiger partial charge in [-0.05, 0) is 43.0 Å². The number of hydrogen-bond acceptors (Lipinski definition) is 2. The van der Waals surface area contributed by atoms with E-state index >= 15 is 0 Å². The summed E-state index contributed by atoms with van der Waals surface area (Å²) >= 11 is -0.556. The van der Waals surface area contributed by atoms with Gasteiger partial charge in [-0.1, -0.05) is 51.9 Å². The molecule has 0 amide bonds. The third-order valence-electron chi connectivity index (χ3n) is 3.50. The molecular weight excluding hydrogens is 384 g/mol.